The molecule has 1 unspecified atom stereocenters. The number of ether oxygens (including phenoxy) is 6. The van der Waals surface area contributed by atoms with Gasteiger partial charge in [-0.05, 0) is 0 Å². The predicted molar refractivity (Wildman–Crippen MR) is 79.0 cm³/mol. The van der Waals surface area contributed by atoms with E-state index < -0.39 is 48.0 Å². The third kappa shape index (κ3) is 5.40. The average Bonchev–Trinajstić information content (AvgIpc) is 2.89. The fraction of sp³-hybridized carbons (Fsp3) is 0.733. The van der Waals surface area contributed by atoms with Crippen molar-refractivity contribution in [2.75, 3.05) is 20.8 Å². The zero-order chi connectivity index (χ0) is 19.2. The highest BCUT2D eigenvalue weighted by atomic mass is 16.7. The van der Waals surface area contributed by atoms with Crippen molar-refractivity contribution in [1.29, 1.82) is 0 Å². The van der Waals surface area contributed by atoms with Gasteiger partial charge in [-0.3, -0.25) is 14.4 Å². The zero-order valence-electron chi connectivity index (χ0n) is 14.7. The number of rotatable bonds is 7. The van der Waals surface area contributed by atoms with Crippen LogP contribution in [-0.4, -0.2) is 68.8 Å². The molecule has 0 amide bonds. The number of hydrogen-bond acceptors (Lipinski definition) is 10. The molecule has 10 nitrogen and oxygen atoms in total. The number of hydrogen-bond donors (Lipinski definition) is 0. The zero-order valence-corrected chi connectivity index (χ0v) is 14.7. The van der Waals surface area contributed by atoms with Crippen LogP contribution >= 0.6 is 0 Å². The Balaban J connectivity index is 3.13. The number of esters is 4. The molecule has 1 heterocycles. The second kappa shape index (κ2) is 8.77. The van der Waals surface area contributed by atoms with Gasteiger partial charge < -0.3 is 28.4 Å². The SMILES string of the molecule is COC(=O)C1(OC)C[C@H](OC(C)=O)[C@@H]([C@@H](COC(C)=O)OC(C)=O)O1. The molecule has 1 aliphatic heterocycles. The van der Waals surface area contributed by atoms with Gasteiger partial charge in [0.2, 0.25) is 0 Å². The Morgan fingerprint density at radius 1 is 1.08 bits per heavy atom. The summed E-state index contributed by atoms with van der Waals surface area (Å²) in [4.78, 5) is 45.8. The van der Waals surface area contributed by atoms with Crippen LogP contribution in [0.3, 0.4) is 0 Å². The summed E-state index contributed by atoms with van der Waals surface area (Å²) in [7, 11) is 2.36. The number of carbonyl (C=O) groups excluding carboxylic acids is 4. The third-order valence-electron chi connectivity index (χ3n) is 3.44. The summed E-state index contributed by atoms with van der Waals surface area (Å²) in [5, 5.41) is 0. The number of methoxy groups -OCH3 is 2. The summed E-state index contributed by atoms with van der Waals surface area (Å²) in [5.74, 6) is -4.60. The lowest BCUT2D eigenvalue weighted by atomic mass is 10.0. The van der Waals surface area contributed by atoms with E-state index >= 15 is 0 Å². The predicted octanol–water partition coefficient (Wildman–Crippen LogP) is -0.282. The monoisotopic (exact) mass is 362 g/mol. The third-order valence-corrected chi connectivity index (χ3v) is 3.44. The minimum absolute atomic E-state index is 0.182. The fourth-order valence-electron chi connectivity index (χ4n) is 2.47. The molecule has 0 saturated carbocycles. The molecule has 0 spiro atoms. The van der Waals surface area contributed by atoms with Crippen LogP contribution in [0.4, 0.5) is 0 Å². The van der Waals surface area contributed by atoms with Crippen molar-refractivity contribution in [2.45, 2.75) is 51.3 Å². The first-order chi connectivity index (χ1) is 11.6. The molecule has 1 aliphatic rings. The van der Waals surface area contributed by atoms with Crippen LogP contribution in [0.2, 0.25) is 0 Å². The molecule has 0 N–H and O–H groups in total. The maximum absolute atomic E-state index is 12.0. The number of carbonyl (C=O) groups is 4. The van der Waals surface area contributed by atoms with Crippen LogP contribution in [0, 0.1) is 0 Å². The summed E-state index contributed by atoms with van der Waals surface area (Å²) in [6.45, 7) is 3.16. The van der Waals surface area contributed by atoms with Crippen molar-refractivity contribution >= 4 is 23.9 Å². The lowest BCUT2D eigenvalue weighted by Crippen LogP contribution is -2.45. The normalized spacial score (nSPS) is 26.4. The Kier molecular flexibility index (Phi) is 7.31. The minimum atomic E-state index is -1.84. The first kappa shape index (κ1) is 20.8. The summed E-state index contributed by atoms with van der Waals surface area (Å²) in [6.07, 6.45) is -3.40. The van der Waals surface area contributed by atoms with Crippen molar-refractivity contribution in [3.8, 4) is 0 Å². The van der Waals surface area contributed by atoms with Gasteiger partial charge in [-0.2, -0.15) is 0 Å². The second-order valence-electron chi connectivity index (χ2n) is 5.33. The molecular weight excluding hydrogens is 340 g/mol. The van der Waals surface area contributed by atoms with Gasteiger partial charge in [-0.25, -0.2) is 4.79 Å². The van der Waals surface area contributed by atoms with Crippen LogP contribution in [0.1, 0.15) is 27.2 Å². The molecule has 1 rings (SSSR count). The van der Waals surface area contributed by atoms with E-state index in [9.17, 15) is 19.2 Å². The topological polar surface area (TPSA) is 124 Å². The second-order valence-corrected chi connectivity index (χ2v) is 5.33. The maximum Gasteiger partial charge on any atom is 0.366 e. The molecule has 10 heteroatoms. The van der Waals surface area contributed by atoms with Gasteiger partial charge in [0.25, 0.3) is 5.79 Å². The summed E-state index contributed by atoms with van der Waals surface area (Å²) < 4.78 is 30.6. The molecule has 0 aromatic carbocycles. The highest BCUT2D eigenvalue weighted by molar-refractivity contribution is 5.78. The summed E-state index contributed by atoms with van der Waals surface area (Å²) in [6, 6.07) is 0. The first-order valence-electron chi connectivity index (χ1n) is 7.44. The van der Waals surface area contributed by atoms with E-state index in [0.717, 1.165) is 14.0 Å². The molecule has 0 radical (unpaired) electrons. The van der Waals surface area contributed by atoms with E-state index in [1.54, 1.807) is 0 Å². The molecule has 25 heavy (non-hydrogen) atoms. The lowest BCUT2D eigenvalue weighted by molar-refractivity contribution is -0.242. The maximum atomic E-state index is 12.0. The van der Waals surface area contributed by atoms with E-state index in [-0.39, 0.29) is 13.0 Å². The molecule has 0 bridgehead atoms. The summed E-state index contributed by atoms with van der Waals surface area (Å²) in [5.41, 5.74) is 0. The molecule has 0 aromatic rings. The van der Waals surface area contributed by atoms with Crippen LogP contribution in [0.5, 0.6) is 0 Å². The van der Waals surface area contributed by atoms with Crippen molar-refractivity contribution < 1.29 is 47.6 Å². The molecule has 0 aromatic heterocycles. The first-order valence-corrected chi connectivity index (χ1v) is 7.44. The minimum Gasteiger partial charge on any atom is -0.465 e. The molecule has 0 aliphatic carbocycles. The average molecular weight is 362 g/mol. The molecular formula is C15H22O10. The van der Waals surface area contributed by atoms with Crippen molar-refractivity contribution in [2.24, 2.45) is 0 Å². The van der Waals surface area contributed by atoms with Gasteiger partial charge in [0.1, 0.15) is 18.8 Å². The van der Waals surface area contributed by atoms with E-state index in [4.69, 9.17) is 23.7 Å². The molecule has 4 atom stereocenters. The van der Waals surface area contributed by atoms with Gasteiger partial charge >= 0.3 is 23.9 Å². The summed E-state index contributed by atoms with van der Waals surface area (Å²) >= 11 is 0. The van der Waals surface area contributed by atoms with Crippen LogP contribution in [0.15, 0.2) is 0 Å². The molecule has 142 valence electrons. The lowest BCUT2D eigenvalue weighted by Gasteiger charge is -2.28. The van der Waals surface area contributed by atoms with Crippen LogP contribution in [0.25, 0.3) is 0 Å². The molecule has 1 fully saturated rings. The quantitative estimate of drug-likeness (QED) is 0.441. The van der Waals surface area contributed by atoms with E-state index in [1.165, 1.54) is 21.0 Å². The van der Waals surface area contributed by atoms with Gasteiger partial charge in [-0.1, -0.05) is 0 Å². The standard InChI is InChI=1S/C15H22O10/c1-8(16)22-7-12(24-10(3)18)13-11(23-9(2)17)6-15(21-5,25-13)14(19)20-4/h11-13H,6-7H2,1-5H3/t11-,12+,13-,15?/m0/s1. The molecule has 1 saturated heterocycles. The van der Waals surface area contributed by atoms with Crippen molar-refractivity contribution in [3.63, 3.8) is 0 Å². The van der Waals surface area contributed by atoms with Gasteiger partial charge in [0.05, 0.1) is 13.5 Å². The fourth-order valence-corrected chi connectivity index (χ4v) is 2.47. The Morgan fingerprint density at radius 2 is 1.72 bits per heavy atom. The van der Waals surface area contributed by atoms with Crippen molar-refractivity contribution in [1.82, 2.24) is 0 Å². The Morgan fingerprint density at radius 3 is 2.16 bits per heavy atom. The smallest absolute Gasteiger partial charge is 0.366 e. The highest BCUT2D eigenvalue weighted by Crippen LogP contribution is 2.37. The van der Waals surface area contributed by atoms with Crippen LogP contribution < -0.4 is 0 Å². The van der Waals surface area contributed by atoms with Crippen LogP contribution in [-0.2, 0) is 47.6 Å². The van der Waals surface area contributed by atoms with Crippen molar-refractivity contribution in [3.05, 3.63) is 0 Å². The Bertz CT molecular complexity index is 530. The van der Waals surface area contributed by atoms with E-state index in [1.807, 2.05) is 0 Å². The van der Waals surface area contributed by atoms with E-state index in [0.29, 0.717) is 0 Å². The largest absolute Gasteiger partial charge is 0.465 e. The van der Waals surface area contributed by atoms with Gasteiger partial charge in [-0.15, -0.1) is 0 Å². The Hall–Kier alpha value is -2.20. The van der Waals surface area contributed by atoms with Gasteiger partial charge in [0.15, 0.2) is 6.10 Å². The van der Waals surface area contributed by atoms with E-state index in [2.05, 4.69) is 4.74 Å². The van der Waals surface area contributed by atoms with Gasteiger partial charge in [0, 0.05) is 27.9 Å². The highest BCUT2D eigenvalue weighted by Gasteiger charge is 2.57. The Labute approximate surface area is 144 Å².